The van der Waals surface area contributed by atoms with Crippen molar-refractivity contribution in [1.29, 1.82) is 0 Å². The van der Waals surface area contributed by atoms with Crippen LogP contribution in [0.25, 0.3) is 0 Å². The Hall–Kier alpha value is -1.42. The van der Waals surface area contributed by atoms with E-state index in [9.17, 15) is 9.18 Å². The normalized spacial score (nSPS) is 23.7. The van der Waals surface area contributed by atoms with Gasteiger partial charge in [-0.05, 0) is 45.4 Å². The third kappa shape index (κ3) is 2.70. The minimum atomic E-state index is -0.289. The van der Waals surface area contributed by atoms with Gasteiger partial charge in [0.1, 0.15) is 5.82 Å². The average molecular weight is 250 g/mol. The molecule has 1 aromatic rings. The second-order valence-corrected chi connectivity index (χ2v) is 4.89. The molecule has 98 valence electrons. The number of piperidine rings is 1. The fourth-order valence-electron chi connectivity index (χ4n) is 2.37. The van der Waals surface area contributed by atoms with E-state index in [1.54, 1.807) is 19.1 Å². The highest BCUT2D eigenvalue weighted by atomic mass is 19.1. The van der Waals surface area contributed by atoms with Gasteiger partial charge in [0.25, 0.3) is 0 Å². The van der Waals surface area contributed by atoms with E-state index in [1.807, 2.05) is 6.92 Å². The lowest BCUT2D eigenvalue weighted by molar-refractivity contribution is -0.121. The fourth-order valence-corrected chi connectivity index (χ4v) is 2.37. The monoisotopic (exact) mass is 250 g/mol. The summed E-state index contributed by atoms with van der Waals surface area (Å²) in [6.45, 7) is 4.65. The van der Waals surface area contributed by atoms with Crippen LogP contribution in [0.2, 0.25) is 0 Å². The molecule has 1 heterocycles. The molecule has 2 rings (SSSR count). The lowest BCUT2D eigenvalue weighted by Gasteiger charge is -2.29. The summed E-state index contributed by atoms with van der Waals surface area (Å²) in [7, 11) is 0. The average Bonchev–Trinajstić information content (AvgIpc) is 2.35. The zero-order valence-corrected chi connectivity index (χ0v) is 10.8. The molecule has 3 nitrogen and oxygen atoms in total. The van der Waals surface area contributed by atoms with Gasteiger partial charge in [-0.15, -0.1) is 0 Å². The van der Waals surface area contributed by atoms with Gasteiger partial charge in [0, 0.05) is 17.3 Å². The van der Waals surface area contributed by atoms with Crippen LogP contribution in [0.5, 0.6) is 0 Å². The molecular weight excluding hydrogens is 231 g/mol. The summed E-state index contributed by atoms with van der Waals surface area (Å²) in [6.07, 6.45) is 1.89. The third-order valence-electron chi connectivity index (χ3n) is 3.62. The number of hydrogen-bond donors (Lipinski definition) is 2. The molecule has 4 heteroatoms. The van der Waals surface area contributed by atoms with Crippen LogP contribution in [0.3, 0.4) is 0 Å². The van der Waals surface area contributed by atoms with Crippen molar-refractivity contribution in [2.24, 2.45) is 5.92 Å². The molecule has 2 atom stereocenters. The quantitative estimate of drug-likeness (QED) is 0.846. The van der Waals surface area contributed by atoms with E-state index in [0.717, 1.165) is 19.4 Å². The molecule has 1 amide bonds. The molecule has 0 aliphatic carbocycles. The van der Waals surface area contributed by atoms with Crippen LogP contribution in [-0.4, -0.2) is 18.5 Å². The molecule has 1 fully saturated rings. The highest BCUT2D eigenvalue weighted by Gasteiger charge is 2.27. The lowest BCUT2D eigenvalue weighted by atomic mass is 9.91. The number of amides is 1. The van der Waals surface area contributed by atoms with Crippen LogP contribution in [-0.2, 0) is 4.79 Å². The molecule has 1 aromatic carbocycles. The Morgan fingerprint density at radius 3 is 3.00 bits per heavy atom. The van der Waals surface area contributed by atoms with Crippen LogP contribution in [0, 0.1) is 18.7 Å². The molecule has 2 unspecified atom stereocenters. The highest BCUT2D eigenvalue weighted by molar-refractivity contribution is 5.93. The topological polar surface area (TPSA) is 41.1 Å². The van der Waals surface area contributed by atoms with Gasteiger partial charge in [0.2, 0.25) is 5.91 Å². The summed E-state index contributed by atoms with van der Waals surface area (Å²) in [4.78, 5) is 12.2. The number of nitrogens with one attached hydrogen (secondary N) is 2. The van der Waals surface area contributed by atoms with Gasteiger partial charge in [0.05, 0.1) is 5.92 Å². The second-order valence-electron chi connectivity index (χ2n) is 4.89. The van der Waals surface area contributed by atoms with Crippen LogP contribution >= 0.6 is 0 Å². The first-order valence-corrected chi connectivity index (χ1v) is 6.39. The maximum absolute atomic E-state index is 13.4. The predicted octanol–water partition coefficient (Wildman–Crippen LogP) is 2.46. The van der Waals surface area contributed by atoms with Crippen molar-refractivity contribution in [3.8, 4) is 0 Å². The predicted molar refractivity (Wildman–Crippen MR) is 70.0 cm³/mol. The van der Waals surface area contributed by atoms with Crippen molar-refractivity contribution in [3.63, 3.8) is 0 Å². The van der Waals surface area contributed by atoms with E-state index >= 15 is 0 Å². The van der Waals surface area contributed by atoms with Gasteiger partial charge in [-0.1, -0.05) is 6.07 Å². The summed E-state index contributed by atoms with van der Waals surface area (Å²) in [5.74, 6) is -0.354. The Morgan fingerprint density at radius 2 is 2.28 bits per heavy atom. The van der Waals surface area contributed by atoms with Crippen LogP contribution in [0.15, 0.2) is 18.2 Å². The molecule has 1 aliphatic rings. The first-order valence-electron chi connectivity index (χ1n) is 6.39. The van der Waals surface area contributed by atoms with Gasteiger partial charge in [-0.2, -0.15) is 0 Å². The Bertz CT molecular complexity index is 447. The van der Waals surface area contributed by atoms with Crippen LogP contribution < -0.4 is 10.6 Å². The van der Waals surface area contributed by atoms with E-state index in [0.29, 0.717) is 11.3 Å². The molecule has 18 heavy (non-hydrogen) atoms. The fraction of sp³-hybridized carbons (Fsp3) is 0.500. The summed E-state index contributed by atoms with van der Waals surface area (Å²) in [6, 6.07) is 4.92. The first kappa shape index (κ1) is 13.0. The number of carbonyl (C=O) groups excluding carboxylic acids is 1. The number of halogens is 1. The Balaban J connectivity index is 2.09. The van der Waals surface area contributed by atoms with Crippen LogP contribution in [0.4, 0.5) is 10.1 Å². The van der Waals surface area contributed by atoms with Crippen molar-refractivity contribution in [2.75, 3.05) is 11.9 Å². The number of anilines is 1. The molecule has 0 saturated carbocycles. The van der Waals surface area contributed by atoms with E-state index in [4.69, 9.17) is 0 Å². The molecule has 2 N–H and O–H groups in total. The minimum absolute atomic E-state index is 0.0246. The maximum Gasteiger partial charge on any atom is 0.229 e. The van der Waals surface area contributed by atoms with Gasteiger partial charge >= 0.3 is 0 Å². The van der Waals surface area contributed by atoms with Crippen molar-refractivity contribution < 1.29 is 9.18 Å². The maximum atomic E-state index is 13.4. The van der Waals surface area contributed by atoms with Gasteiger partial charge in [-0.3, -0.25) is 4.79 Å². The van der Waals surface area contributed by atoms with Crippen LogP contribution in [0.1, 0.15) is 25.3 Å². The molecule has 1 aliphatic heterocycles. The number of benzene rings is 1. The number of rotatable bonds is 2. The Kier molecular flexibility index (Phi) is 3.97. The highest BCUT2D eigenvalue weighted by Crippen LogP contribution is 2.21. The van der Waals surface area contributed by atoms with Crippen molar-refractivity contribution in [2.45, 2.75) is 32.7 Å². The van der Waals surface area contributed by atoms with Crippen molar-refractivity contribution in [3.05, 3.63) is 29.6 Å². The number of hydrogen-bond acceptors (Lipinski definition) is 2. The molecular formula is C14H19FN2O. The van der Waals surface area contributed by atoms with Gasteiger partial charge < -0.3 is 10.6 Å². The first-order chi connectivity index (χ1) is 8.59. The minimum Gasteiger partial charge on any atom is -0.325 e. The van der Waals surface area contributed by atoms with Gasteiger partial charge in [-0.25, -0.2) is 4.39 Å². The van der Waals surface area contributed by atoms with Crippen molar-refractivity contribution >= 4 is 11.6 Å². The largest absolute Gasteiger partial charge is 0.325 e. The Morgan fingerprint density at radius 1 is 1.50 bits per heavy atom. The van der Waals surface area contributed by atoms with Gasteiger partial charge in [0.15, 0.2) is 0 Å². The molecule has 0 aromatic heterocycles. The van der Waals surface area contributed by atoms with E-state index in [2.05, 4.69) is 10.6 Å². The lowest BCUT2D eigenvalue weighted by Crippen LogP contribution is -2.44. The second kappa shape index (κ2) is 5.48. The molecule has 0 radical (unpaired) electrons. The Labute approximate surface area is 107 Å². The molecule has 0 spiro atoms. The summed E-state index contributed by atoms with van der Waals surface area (Å²) >= 11 is 0. The third-order valence-corrected chi connectivity index (χ3v) is 3.62. The zero-order valence-electron chi connectivity index (χ0n) is 10.8. The summed E-state index contributed by atoms with van der Waals surface area (Å²) in [5.41, 5.74) is 1.06. The smallest absolute Gasteiger partial charge is 0.229 e. The zero-order chi connectivity index (χ0) is 13.1. The summed E-state index contributed by atoms with van der Waals surface area (Å²) < 4.78 is 13.4. The summed E-state index contributed by atoms with van der Waals surface area (Å²) in [5, 5.41) is 6.12. The van der Waals surface area contributed by atoms with E-state index in [-0.39, 0.29) is 23.7 Å². The van der Waals surface area contributed by atoms with E-state index in [1.165, 1.54) is 6.07 Å². The SMILES string of the molecule is Cc1c(F)cccc1NC(=O)C1CCCNC1C. The standard InChI is InChI=1S/C14H19FN2O/c1-9-12(15)6-3-7-13(9)17-14(18)11-5-4-8-16-10(11)2/h3,6-7,10-11,16H,4-5,8H2,1-2H3,(H,17,18). The molecule has 0 bridgehead atoms. The molecule has 1 saturated heterocycles. The number of carbonyl (C=O) groups is 1. The van der Waals surface area contributed by atoms with E-state index < -0.39 is 0 Å². The van der Waals surface area contributed by atoms with Crippen molar-refractivity contribution in [1.82, 2.24) is 5.32 Å².